The number of hydrogen-bond donors (Lipinski definition) is 3. The van der Waals surface area contributed by atoms with E-state index in [4.69, 9.17) is 0 Å². The van der Waals surface area contributed by atoms with Crippen LogP contribution in [0.5, 0.6) is 0 Å². The predicted octanol–water partition coefficient (Wildman–Crippen LogP) is 0.781. The Kier molecular flexibility index (Phi) is 3.57. The van der Waals surface area contributed by atoms with E-state index in [0.29, 0.717) is 0 Å². The number of pyridine rings is 1. The van der Waals surface area contributed by atoms with Crippen molar-refractivity contribution in [3.05, 3.63) is 30.1 Å². The van der Waals surface area contributed by atoms with E-state index in [2.05, 4.69) is 10.3 Å². The van der Waals surface area contributed by atoms with E-state index < -0.39 is 5.91 Å². The Morgan fingerprint density at radius 1 is 1.50 bits per heavy atom. The zero-order valence-corrected chi connectivity index (χ0v) is 8.44. The smallest absolute Gasteiger partial charge is 0.222 e. The fourth-order valence-electron chi connectivity index (χ4n) is 1.15. The average Bonchev–Trinajstić information content (AvgIpc) is 2.19. The van der Waals surface area contributed by atoms with E-state index >= 15 is 0 Å². The molecule has 14 heavy (non-hydrogen) atoms. The zero-order chi connectivity index (χ0) is 10.6. The number of nitrogens with one attached hydrogen (secondary N) is 1. The van der Waals surface area contributed by atoms with Gasteiger partial charge in [0.15, 0.2) is 0 Å². The SMILES string of the molecule is CCC(O)(O)NC(C)c1ccccn1. The quantitative estimate of drug-likeness (QED) is 0.623. The van der Waals surface area contributed by atoms with Gasteiger partial charge >= 0.3 is 0 Å². The molecule has 1 unspecified atom stereocenters. The molecule has 0 bridgehead atoms. The maximum atomic E-state index is 9.37. The van der Waals surface area contributed by atoms with E-state index in [9.17, 15) is 10.2 Å². The van der Waals surface area contributed by atoms with Crippen LogP contribution in [0.2, 0.25) is 0 Å². The third kappa shape index (κ3) is 3.06. The first-order valence-corrected chi connectivity index (χ1v) is 4.68. The molecule has 1 rings (SSSR count). The molecule has 3 N–H and O–H groups in total. The third-order valence-electron chi connectivity index (χ3n) is 2.07. The second kappa shape index (κ2) is 4.50. The molecule has 0 fully saturated rings. The summed E-state index contributed by atoms with van der Waals surface area (Å²) < 4.78 is 0. The fourth-order valence-corrected chi connectivity index (χ4v) is 1.15. The van der Waals surface area contributed by atoms with Gasteiger partial charge < -0.3 is 10.2 Å². The molecule has 0 amide bonds. The predicted molar refractivity (Wildman–Crippen MR) is 53.2 cm³/mol. The van der Waals surface area contributed by atoms with Crippen LogP contribution in [-0.2, 0) is 0 Å². The van der Waals surface area contributed by atoms with Gasteiger partial charge in [-0.3, -0.25) is 10.3 Å². The van der Waals surface area contributed by atoms with Gasteiger partial charge in [-0.15, -0.1) is 0 Å². The summed E-state index contributed by atoms with van der Waals surface area (Å²) in [7, 11) is 0. The lowest BCUT2D eigenvalue weighted by molar-refractivity contribution is -0.192. The lowest BCUT2D eigenvalue weighted by Crippen LogP contribution is -2.45. The highest BCUT2D eigenvalue weighted by Gasteiger charge is 2.23. The fraction of sp³-hybridized carbons (Fsp3) is 0.500. The highest BCUT2D eigenvalue weighted by molar-refractivity contribution is 5.07. The molecule has 78 valence electrons. The van der Waals surface area contributed by atoms with Crippen molar-refractivity contribution in [3.63, 3.8) is 0 Å². The standard InChI is InChI=1S/C10H16N2O2/c1-3-10(13,14)12-8(2)9-6-4-5-7-11-9/h4-8,12-14H,3H2,1-2H3. The molecular weight excluding hydrogens is 180 g/mol. The van der Waals surface area contributed by atoms with Gasteiger partial charge in [0.05, 0.1) is 11.7 Å². The van der Waals surface area contributed by atoms with E-state index in [1.54, 1.807) is 13.1 Å². The molecule has 0 aromatic carbocycles. The number of nitrogens with zero attached hydrogens (tertiary/aromatic N) is 1. The average molecular weight is 196 g/mol. The minimum Gasteiger partial charge on any atom is -0.353 e. The Labute approximate surface area is 83.6 Å². The van der Waals surface area contributed by atoms with Crippen LogP contribution in [0.25, 0.3) is 0 Å². The van der Waals surface area contributed by atoms with Crippen LogP contribution in [0.3, 0.4) is 0 Å². The molecule has 0 saturated heterocycles. The van der Waals surface area contributed by atoms with Crippen molar-refractivity contribution in [2.24, 2.45) is 0 Å². The summed E-state index contributed by atoms with van der Waals surface area (Å²) in [5, 5.41) is 21.4. The van der Waals surface area contributed by atoms with Gasteiger partial charge in [0.25, 0.3) is 0 Å². The van der Waals surface area contributed by atoms with Crippen molar-refractivity contribution in [2.45, 2.75) is 32.2 Å². The summed E-state index contributed by atoms with van der Waals surface area (Å²) in [5.74, 6) is -1.82. The molecule has 4 nitrogen and oxygen atoms in total. The van der Waals surface area contributed by atoms with E-state index in [0.717, 1.165) is 5.69 Å². The van der Waals surface area contributed by atoms with Crippen molar-refractivity contribution in [1.82, 2.24) is 10.3 Å². The van der Waals surface area contributed by atoms with Crippen molar-refractivity contribution < 1.29 is 10.2 Å². The molecule has 0 aliphatic rings. The molecule has 0 aliphatic carbocycles. The highest BCUT2D eigenvalue weighted by Crippen LogP contribution is 2.12. The number of rotatable bonds is 4. The molecule has 1 heterocycles. The van der Waals surface area contributed by atoms with Crippen LogP contribution in [0, 0.1) is 0 Å². The first kappa shape index (κ1) is 11.1. The topological polar surface area (TPSA) is 65.4 Å². The van der Waals surface area contributed by atoms with Crippen molar-refractivity contribution >= 4 is 0 Å². The van der Waals surface area contributed by atoms with Crippen LogP contribution in [-0.4, -0.2) is 21.1 Å². The van der Waals surface area contributed by atoms with Gasteiger partial charge in [0, 0.05) is 12.6 Å². The van der Waals surface area contributed by atoms with Crippen molar-refractivity contribution in [1.29, 1.82) is 0 Å². The first-order chi connectivity index (χ1) is 6.55. The van der Waals surface area contributed by atoms with Crippen molar-refractivity contribution in [2.75, 3.05) is 0 Å². The van der Waals surface area contributed by atoms with Crippen LogP contribution in [0.4, 0.5) is 0 Å². The molecule has 1 atom stereocenters. The Morgan fingerprint density at radius 3 is 2.71 bits per heavy atom. The Balaban J connectivity index is 2.64. The lowest BCUT2D eigenvalue weighted by Gasteiger charge is -2.25. The second-order valence-corrected chi connectivity index (χ2v) is 3.29. The molecule has 1 aromatic heterocycles. The van der Waals surface area contributed by atoms with Gasteiger partial charge in [-0.25, -0.2) is 0 Å². The summed E-state index contributed by atoms with van der Waals surface area (Å²) in [6.07, 6.45) is 1.90. The highest BCUT2D eigenvalue weighted by atomic mass is 16.5. The van der Waals surface area contributed by atoms with E-state index in [1.165, 1.54) is 0 Å². The van der Waals surface area contributed by atoms with Gasteiger partial charge in [0.2, 0.25) is 5.91 Å². The molecule has 1 aromatic rings. The summed E-state index contributed by atoms with van der Waals surface area (Å²) in [6, 6.07) is 5.33. The summed E-state index contributed by atoms with van der Waals surface area (Å²) in [6.45, 7) is 3.53. The summed E-state index contributed by atoms with van der Waals surface area (Å²) >= 11 is 0. The maximum absolute atomic E-state index is 9.37. The molecule has 0 aliphatic heterocycles. The van der Waals surface area contributed by atoms with Gasteiger partial charge in [-0.2, -0.15) is 0 Å². The van der Waals surface area contributed by atoms with E-state index in [1.807, 2.05) is 25.1 Å². The van der Waals surface area contributed by atoms with Crippen LogP contribution < -0.4 is 5.32 Å². The first-order valence-electron chi connectivity index (χ1n) is 4.68. The summed E-state index contributed by atoms with van der Waals surface area (Å²) in [4.78, 5) is 4.11. The molecule has 4 heteroatoms. The minimum absolute atomic E-state index is 0.189. The minimum atomic E-state index is -1.82. The zero-order valence-electron chi connectivity index (χ0n) is 8.44. The molecule has 0 radical (unpaired) electrons. The Bertz CT molecular complexity index is 275. The van der Waals surface area contributed by atoms with E-state index in [-0.39, 0.29) is 12.5 Å². The second-order valence-electron chi connectivity index (χ2n) is 3.29. The van der Waals surface area contributed by atoms with Crippen LogP contribution in [0.1, 0.15) is 32.0 Å². The normalized spacial score (nSPS) is 14.0. The third-order valence-corrected chi connectivity index (χ3v) is 2.07. The number of aromatic nitrogens is 1. The Morgan fingerprint density at radius 2 is 2.21 bits per heavy atom. The molecular formula is C10H16N2O2. The number of aliphatic hydroxyl groups is 2. The molecule has 0 saturated carbocycles. The van der Waals surface area contributed by atoms with Gasteiger partial charge in [-0.05, 0) is 19.1 Å². The van der Waals surface area contributed by atoms with Crippen LogP contribution in [0.15, 0.2) is 24.4 Å². The van der Waals surface area contributed by atoms with Gasteiger partial charge in [-0.1, -0.05) is 13.0 Å². The maximum Gasteiger partial charge on any atom is 0.222 e. The van der Waals surface area contributed by atoms with Gasteiger partial charge in [0.1, 0.15) is 0 Å². The summed E-state index contributed by atoms with van der Waals surface area (Å²) in [5.41, 5.74) is 0.786. The number of hydrogen-bond acceptors (Lipinski definition) is 4. The Hall–Kier alpha value is -0.970. The molecule has 0 spiro atoms. The van der Waals surface area contributed by atoms with Crippen molar-refractivity contribution in [3.8, 4) is 0 Å². The lowest BCUT2D eigenvalue weighted by atomic mass is 10.2. The van der Waals surface area contributed by atoms with Crippen LogP contribution >= 0.6 is 0 Å². The largest absolute Gasteiger partial charge is 0.353 e. The monoisotopic (exact) mass is 196 g/mol.